The number of thiazole rings is 1. The van der Waals surface area contributed by atoms with Gasteiger partial charge in [-0.3, -0.25) is 4.79 Å². The minimum Gasteiger partial charge on any atom is -0.490 e. The van der Waals surface area contributed by atoms with Gasteiger partial charge in [0.05, 0.1) is 29.6 Å². The fourth-order valence-electron chi connectivity index (χ4n) is 4.47. The maximum Gasteiger partial charge on any atom is 0.227 e. The van der Waals surface area contributed by atoms with Gasteiger partial charge in [0.15, 0.2) is 0 Å². The van der Waals surface area contributed by atoms with Crippen LogP contribution in [0.25, 0.3) is 10.9 Å². The molecular formula is C23H27N3O3S. The topological polar surface area (TPSA) is 56.6 Å². The number of fused-ring (bicyclic) bond motifs is 1. The van der Waals surface area contributed by atoms with Gasteiger partial charge in [-0.1, -0.05) is 6.07 Å². The first-order chi connectivity index (χ1) is 14.7. The van der Waals surface area contributed by atoms with E-state index in [0.29, 0.717) is 12.5 Å². The molecule has 1 amide bonds. The van der Waals surface area contributed by atoms with E-state index in [1.807, 2.05) is 18.0 Å². The monoisotopic (exact) mass is 425 g/mol. The first-order valence-corrected chi connectivity index (χ1v) is 11.5. The van der Waals surface area contributed by atoms with Crippen LogP contribution in [0.5, 0.6) is 5.75 Å². The van der Waals surface area contributed by atoms with E-state index in [0.717, 1.165) is 66.6 Å². The lowest BCUT2D eigenvalue weighted by Gasteiger charge is -2.32. The number of hydrogen-bond acceptors (Lipinski definition) is 5. The van der Waals surface area contributed by atoms with Gasteiger partial charge in [0, 0.05) is 55.2 Å². The lowest BCUT2D eigenvalue weighted by atomic mass is 10.1. The van der Waals surface area contributed by atoms with Crippen molar-refractivity contribution in [2.24, 2.45) is 0 Å². The number of carbonyl (C=O) groups is 1. The molecule has 6 nitrogen and oxygen atoms in total. The highest BCUT2D eigenvalue weighted by molar-refractivity contribution is 7.11. The highest BCUT2D eigenvalue weighted by atomic mass is 32.1. The molecule has 30 heavy (non-hydrogen) atoms. The molecule has 2 aliphatic heterocycles. The summed E-state index contributed by atoms with van der Waals surface area (Å²) in [6.45, 7) is 5.08. The SMILES string of the molecule is Cc1ncc(CC(=O)N2CCC(Oc3cccc4c3ccn4C3CCOC3)CC2)s1. The summed E-state index contributed by atoms with van der Waals surface area (Å²) >= 11 is 1.60. The summed E-state index contributed by atoms with van der Waals surface area (Å²) in [6, 6.07) is 8.84. The summed E-state index contributed by atoms with van der Waals surface area (Å²) in [5, 5.41) is 2.16. The van der Waals surface area contributed by atoms with Crippen LogP contribution in [-0.4, -0.2) is 52.8 Å². The van der Waals surface area contributed by atoms with E-state index in [1.54, 1.807) is 11.3 Å². The summed E-state index contributed by atoms with van der Waals surface area (Å²) in [4.78, 5) is 19.8. The molecule has 2 aliphatic rings. The highest BCUT2D eigenvalue weighted by Gasteiger charge is 2.25. The number of aryl methyl sites for hydroxylation is 1. The quantitative estimate of drug-likeness (QED) is 0.620. The fraction of sp³-hybridized carbons (Fsp3) is 0.478. The first kappa shape index (κ1) is 19.6. The Morgan fingerprint density at radius 3 is 2.87 bits per heavy atom. The Morgan fingerprint density at radius 1 is 1.27 bits per heavy atom. The average molecular weight is 426 g/mol. The summed E-state index contributed by atoms with van der Waals surface area (Å²) in [5.74, 6) is 1.13. The number of rotatable bonds is 5. The summed E-state index contributed by atoms with van der Waals surface area (Å²) < 4.78 is 14.3. The van der Waals surface area contributed by atoms with E-state index in [1.165, 1.54) is 5.52 Å². The highest BCUT2D eigenvalue weighted by Crippen LogP contribution is 2.32. The van der Waals surface area contributed by atoms with Crippen LogP contribution in [0, 0.1) is 6.92 Å². The molecule has 1 aromatic carbocycles. The number of benzene rings is 1. The summed E-state index contributed by atoms with van der Waals surface area (Å²) in [6.07, 6.45) is 7.35. The molecule has 0 aliphatic carbocycles. The normalized spacial score (nSPS) is 20.2. The Morgan fingerprint density at radius 2 is 2.13 bits per heavy atom. The van der Waals surface area contributed by atoms with Gasteiger partial charge in [-0.15, -0.1) is 11.3 Å². The van der Waals surface area contributed by atoms with Crippen molar-refractivity contribution < 1.29 is 14.3 Å². The Balaban J connectivity index is 1.21. The third kappa shape index (κ3) is 3.96. The molecule has 158 valence electrons. The molecule has 7 heteroatoms. The molecule has 0 bridgehead atoms. The molecule has 5 rings (SSSR count). The van der Waals surface area contributed by atoms with Gasteiger partial charge in [-0.05, 0) is 31.5 Å². The third-order valence-electron chi connectivity index (χ3n) is 6.11. The zero-order chi connectivity index (χ0) is 20.5. The van der Waals surface area contributed by atoms with Crippen molar-refractivity contribution in [1.29, 1.82) is 0 Å². The largest absolute Gasteiger partial charge is 0.490 e. The molecule has 0 N–H and O–H groups in total. The number of nitrogens with zero attached hydrogens (tertiary/aromatic N) is 3. The Hall–Kier alpha value is -2.38. The van der Waals surface area contributed by atoms with Crippen LogP contribution in [-0.2, 0) is 16.0 Å². The molecule has 0 radical (unpaired) electrons. The maximum atomic E-state index is 12.6. The van der Waals surface area contributed by atoms with Gasteiger partial charge in [-0.25, -0.2) is 4.98 Å². The molecule has 2 aromatic heterocycles. The predicted molar refractivity (Wildman–Crippen MR) is 117 cm³/mol. The second-order valence-electron chi connectivity index (χ2n) is 8.15. The van der Waals surface area contributed by atoms with Crippen molar-refractivity contribution in [3.63, 3.8) is 0 Å². The van der Waals surface area contributed by atoms with Crippen molar-refractivity contribution in [3.05, 3.63) is 46.5 Å². The van der Waals surface area contributed by atoms with Gasteiger partial charge in [0.2, 0.25) is 5.91 Å². The van der Waals surface area contributed by atoms with Gasteiger partial charge in [0.25, 0.3) is 0 Å². The standard InChI is InChI=1S/C23H27N3O3S/c1-16-24-14-19(30-16)13-23(27)25-9-5-18(6-10-25)29-22-4-2-3-21-20(22)7-11-26(21)17-8-12-28-15-17/h2-4,7,11,14,17-18H,5-6,8-10,12-13,15H2,1H3. The molecule has 1 unspecified atom stereocenters. The van der Waals surface area contributed by atoms with Gasteiger partial charge in [-0.2, -0.15) is 0 Å². The van der Waals surface area contributed by atoms with Crippen LogP contribution in [0.4, 0.5) is 0 Å². The molecule has 0 spiro atoms. The van der Waals surface area contributed by atoms with Crippen molar-refractivity contribution in [3.8, 4) is 5.75 Å². The molecule has 3 aromatic rings. The number of carbonyl (C=O) groups excluding carboxylic acids is 1. The van der Waals surface area contributed by atoms with Gasteiger partial charge in [0.1, 0.15) is 11.9 Å². The van der Waals surface area contributed by atoms with Crippen molar-refractivity contribution >= 4 is 28.1 Å². The predicted octanol–water partition coefficient (Wildman–Crippen LogP) is 3.98. The molecule has 4 heterocycles. The van der Waals surface area contributed by atoms with E-state index >= 15 is 0 Å². The second-order valence-corrected chi connectivity index (χ2v) is 9.47. The number of likely N-dealkylation sites (tertiary alicyclic amines) is 1. The smallest absolute Gasteiger partial charge is 0.227 e. The van der Waals surface area contributed by atoms with E-state index in [4.69, 9.17) is 9.47 Å². The molecule has 1 atom stereocenters. The Labute approximate surface area is 180 Å². The van der Waals surface area contributed by atoms with Crippen LogP contribution in [0.2, 0.25) is 0 Å². The van der Waals surface area contributed by atoms with E-state index in [2.05, 4.69) is 40.0 Å². The minimum atomic E-state index is 0.142. The van der Waals surface area contributed by atoms with Crippen LogP contribution in [0.3, 0.4) is 0 Å². The van der Waals surface area contributed by atoms with Crippen molar-refractivity contribution in [1.82, 2.24) is 14.5 Å². The van der Waals surface area contributed by atoms with E-state index in [-0.39, 0.29) is 12.0 Å². The number of piperidine rings is 1. The zero-order valence-electron chi connectivity index (χ0n) is 17.3. The van der Waals surface area contributed by atoms with Crippen LogP contribution >= 0.6 is 11.3 Å². The lowest BCUT2D eigenvalue weighted by molar-refractivity contribution is -0.132. The molecule has 2 fully saturated rings. The molecular weight excluding hydrogens is 398 g/mol. The second kappa shape index (κ2) is 8.40. The Kier molecular flexibility index (Phi) is 5.48. The minimum absolute atomic E-state index is 0.142. The number of aromatic nitrogens is 2. The molecule has 0 saturated carbocycles. The maximum absolute atomic E-state index is 12.6. The van der Waals surface area contributed by atoms with E-state index < -0.39 is 0 Å². The summed E-state index contributed by atoms with van der Waals surface area (Å²) in [7, 11) is 0. The average Bonchev–Trinajstić information content (AvgIpc) is 3.49. The fourth-order valence-corrected chi connectivity index (χ4v) is 5.26. The summed E-state index contributed by atoms with van der Waals surface area (Å²) in [5.41, 5.74) is 1.20. The first-order valence-electron chi connectivity index (χ1n) is 10.7. The van der Waals surface area contributed by atoms with Crippen LogP contribution < -0.4 is 4.74 Å². The van der Waals surface area contributed by atoms with Crippen LogP contribution in [0.1, 0.15) is 35.2 Å². The van der Waals surface area contributed by atoms with Crippen LogP contribution in [0.15, 0.2) is 36.7 Å². The Bertz CT molecular complexity index is 1030. The number of amides is 1. The number of ether oxygens (including phenoxy) is 2. The van der Waals surface area contributed by atoms with Crippen molar-refractivity contribution in [2.45, 2.75) is 44.8 Å². The van der Waals surface area contributed by atoms with Gasteiger partial charge < -0.3 is 18.9 Å². The third-order valence-corrected chi connectivity index (χ3v) is 7.02. The zero-order valence-corrected chi connectivity index (χ0v) is 18.1. The van der Waals surface area contributed by atoms with Gasteiger partial charge >= 0.3 is 0 Å². The molecule has 2 saturated heterocycles. The van der Waals surface area contributed by atoms with Crippen molar-refractivity contribution in [2.75, 3.05) is 26.3 Å². The number of hydrogen-bond donors (Lipinski definition) is 0. The van der Waals surface area contributed by atoms with E-state index in [9.17, 15) is 4.79 Å². The lowest BCUT2D eigenvalue weighted by Crippen LogP contribution is -2.42.